The van der Waals surface area contributed by atoms with Crippen LogP contribution in [-0.4, -0.2) is 5.11 Å². The van der Waals surface area contributed by atoms with Crippen LogP contribution in [0.4, 0.5) is 0 Å². The van der Waals surface area contributed by atoms with E-state index < -0.39 is 0 Å². The summed E-state index contributed by atoms with van der Waals surface area (Å²) in [7, 11) is 0. The van der Waals surface area contributed by atoms with Crippen molar-refractivity contribution in [2.24, 2.45) is 0 Å². The van der Waals surface area contributed by atoms with Gasteiger partial charge in [0.15, 0.2) is 0 Å². The first-order valence-electron chi connectivity index (χ1n) is 3.68. The molecule has 0 saturated carbocycles. The molecule has 0 radical (unpaired) electrons. The van der Waals surface area contributed by atoms with Gasteiger partial charge in [0, 0.05) is 4.90 Å². The molecule has 0 heterocycles. The summed E-state index contributed by atoms with van der Waals surface area (Å²) in [4.78, 5) is 0.811. The van der Waals surface area contributed by atoms with Crippen molar-refractivity contribution in [1.29, 1.82) is 0 Å². The Morgan fingerprint density at radius 2 is 1.83 bits per heavy atom. The average Bonchev–Trinajstić information content (AvgIpc) is 2.04. The summed E-state index contributed by atoms with van der Waals surface area (Å²) in [6, 6.07) is 11.2. The molecule has 0 unspecified atom stereocenters. The monoisotopic (exact) mass is 176 g/mol. The Labute approximate surface area is 76.1 Å². The van der Waals surface area contributed by atoms with Crippen molar-refractivity contribution in [1.82, 2.24) is 0 Å². The minimum Gasteiger partial charge on any atom is -0.508 e. The minimum atomic E-state index is 0.263. The van der Waals surface area contributed by atoms with E-state index in [4.69, 9.17) is 0 Å². The summed E-state index contributed by atoms with van der Waals surface area (Å²) >= 11 is 4.26. The SMILES string of the molecule is Oc1cc(S)c2ccccc2c1. The van der Waals surface area contributed by atoms with Gasteiger partial charge in [-0.05, 0) is 22.9 Å². The molecule has 0 bridgehead atoms. The molecule has 2 heteroatoms. The largest absolute Gasteiger partial charge is 0.508 e. The highest BCUT2D eigenvalue weighted by Crippen LogP contribution is 2.26. The summed E-state index contributed by atoms with van der Waals surface area (Å²) in [6.07, 6.45) is 0. The van der Waals surface area contributed by atoms with Gasteiger partial charge in [0.1, 0.15) is 5.75 Å². The fourth-order valence-electron chi connectivity index (χ4n) is 1.27. The maximum atomic E-state index is 9.26. The molecule has 2 aromatic carbocycles. The Kier molecular flexibility index (Phi) is 1.70. The van der Waals surface area contributed by atoms with Crippen LogP contribution in [0.5, 0.6) is 5.75 Å². The molecule has 1 N–H and O–H groups in total. The molecule has 60 valence electrons. The molecule has 1 nitrogen and oxygen atoms in total. The molecule has 2 aromatic rings. The van der Waals surface area contributed by atoms with Gasteiger partial charge in [-0.25, -0.2) is 0 Å². The van der Waals surface area contributed by atoms with Crippen LogP contribution in [0.3, 0.4) is 0 Å². The predicted molar refractivity (Wildman–Crippen MR) is 52.9 cm³/mol. The van der Waals surface area contributed by atoms with Crippen LogP contribution in [0, 0.1) is 0 Å². The van der Waals surface area contributed by atoms with Gasteiger partial charge in [0.05, 0.1) is 0 Å². The summed E-state index contributed by atoms with van der Waals surface area (Å²) in [5.41, 5.74) is 0. The number of rotatable bonds is 0. The topological polar surface area (TPSA) is 20.2 Å². The molecule has 0 aliphatic heterocycles. The lowest BCUT2D eigenvalue weighted by Gasteiger charge is -2.01. The molecule has 0 fully saturated rings. The van der Waals surface area contributed by atoms with Gasteiger partial charge in [-0.1, -0.05) is 24.3 Å². The maximum Gasteiger partial charge on any atom is 0.117 e. The molecule has 0 aliphatic rings. The first-order chi connectivity index (χ1) is 5.77. The molecule has 0 aliphatic carbocycles. The van der Waals surface area contributed by atoms with Crippen molar-refractivity contribution < 1.29 is 5.11 Å². The Bertz CT molecular complexity index is 423. The Hall–Kier alpha value is -1.15. The zero-order valence-corrected chi connectivity index (χ0v) is 7.25. The number of fused-ring (bicyclic) bond motifs is 1. The summed E-state index contributed by atoms with van der Waals surface area (Å²) in [5, 5.41) is 11.3. The van der Waals surface area contributed by atoms with E-state index in [1.54, 1.807) is 12.1 Å². The van der Waals surface area contributed by atoms with E-state index in [0.29, 0.717) is 0 Å². The van der Waals surface area contributed by atoms with E-state index in [0.717, 1.165) is 15.7 Å². The molecule has 12 heavy (non-hydrogen) atoms. The summed E-state index contributed by atoms with van der Waals surface area (Å²) < 4.78 is 0. The average molecular weight is 176 g/mol. The quantitative estimate of drug-likeness (QED) is 0.591. The second-order valence-corrected chi connectivity index (χ2v) is 3.17. The first-order valence-corrected chi connectivity index (χ1v) is 4.13. The third-order valence-corrected chi connectivity index (χ3v) is 2.19. The van der Waals surface area contributed by atoms with E-state index in [-0.39, 0.29) is 5.75 Å². The van der Waals surface area contributed by atoms with Crippen molar-refractivity contribution in [3.8, 4) is 5.75 Å². The first kappa shape index (κ1) is 7.50. The number of phenolic OH excluding ortho intramolecular Hbond substituents is 1. The molecule has 0 atom stereocenters. The van der Waals surface area contributed by atoms with Crippen LogP contribution in [-0.2, 0) is 0 Å². The van der Waals surface area contributed by atoms with Crippen molar-refractivity contribution in [3.05, 3.63) is 36.4 Å². The fraction of sp³-hybridized carbons (Fsp3) is 0. The van der Waals surface area contributed by atoms with Crippen molar-refractivity contribution in [2.75, 3.05) is 0 Å². The normalized spacial score (nSPS) is 10.4. The molecule has 0 amide bonds. The molecule has 2 rings (SSSR count). The highest BCUT2D eigenvalue weighted by molar-refractivity contribution is 7.80. The zero-order chi connectivity index (χ0) is 8.55. The van der Waals surface area contributed by atoms with Crippen LogP contribution in [0.25, 0.3) is 10.8 Å². The smallest absolute Gasteiger partial charge is 0.117 e. The Morgan fingerprint density at radius 1 is 1.08 bits per heavy atom. The maximum absolute atomic E-state index is 9.26. The van der Waals surface area contributed by atoms with E-state index in [9.17, 15) is 5.11 Å². The number of thiol groups is 1. The van der Waals surface area contributed by atoms with E-state index in [2.05, 4.69) is 12.6 Å². The standard InChI is InChI=1S/C10H8OS/c11-8-5-7-3-1-2-4-9(7)10(12)6-8/h1-6,11-12H. The van der Waals surface area contributed by atoms with Crippen LogP contribution in [0.2, 0.25) is 0 Å². The van der Waals surface area contributed by atoms with Gasteiger partial charge in [-0.2, -0.15) is 0 Å². The third-order valence-electron chi connectivity index (χ3n) is 1.82. The zero-order valence-electron chi connectivity index (χ0n) is 6.36. The lowest BCUT2D eigenvalue weighted by atomic mass is 10.1. The van der Waals surface area contributed by atoms with Gasteiger partial charge in [-0.15, -0.1) is 12.6 Å². The van der Waals surface area contributed by atoms with Gasteiger partial charge < -0.3 is 5.11 Å². The van der Waals surface area contributed by atoms with E-state index >= 15 is 0 Å². The molecule has 0 saturated heterocycles. The minimum absolute atomic E-state index is 0.263. The van der Waals surface area contributed by atoms with Crippen LogP contribution in [0.15, 0.2) is 41.3 Å². The van der Waals surface area contributed by atoms with Crippen molar-refractivity contribution in [2.45, 2.75) is 4.90 Å². The van der Waals surface area contributed by atoms with Crippen molar-refractivity contribution in [3.63, 3.8) is 0 Å². The molecular weight excluding hydrogens is 168 g/mol. The third kappa shape index (κ3) is 1.14. The Morgan fingerprint density at radius 3 is 2.67 bits per heavy atom. The highest BCUT2D eigenvalue weighted by atomic mass is 32.1. The van der Waals surface area contributed by atoms with E-state index in [1.165, 1.54) is 0 Å². The van der Waals surface area contributed by atoms with Gasteiger partial charge in [0.25, 0.3) is 0 Å². The van der Waals surface area contributed by atoms with Gasteiger partial charge in [-0.3, -0.25) is 0 Å². The molecular formula is C10H8OS. The second-order valence-electron chi connectivity index (χ2n) is 2.69. The molecule has 0 aromatic heterocycles. The van der Waals surface area contributed by atoms with Crippen LogP contribution < -0.4 is 0 Å². The summed E-state index contributed by atoms with van der Waals surface area (Å²) in [5.74, 6) is 0.263. The van der Waals surface area contributed by atoms with Crippen LogP contribution >= 0.6 is 12.6 Å². The van der Waals surface area contributed by atoms with Gasteiger partial charge in [0.2, 0.25) is 0 Å². The lowest BCUT2D eigenvalue weighted by Crippen LogP contribution is -1.74. The lowest BCUT2D eigenvalue weighted by molar-refractivity contribution is 0.475. The van der Waals surface area contributed by atoms with E-state index in [1.807, 2.05) is 24.3 Å². The summed E-state index contributed by atoms with van der Waals surface area (Å²) in [6.45, 7) is 0. The number of phenols is 1. The fourth-order valence-corrected chi connectivity index (χ4v) is 1.61. The predicted octanol–water partition coefficient (Wildman–Crippen LogP) is 2.83. The highest BCUT2D eigenvalue weighted by Gasteiger charge is 1.98. The second kappa shape index (κ2) is 2.72. The number of benzene rings is 2. The van der Waals surface area contributed by atoms with Gasteiger partial charge >= 0.3 is 0 Å². The number of aromatic hydroxyl groups is 1. The Balaban J connectivity index is 2.89. The molecule has 0 spiro atoms. The number of hydrogen-bond acceptors (Lipinski definition) is 2. The van der Waals surface area contributed by atoms with Crippen LogP contribution in [0.1, 0.15) is 0 Å². The van der Waals surface area contributed by atoms with Crippen molar-refractivity contribution >= 4 is 23.4 Å². The number of hydrogen-bond donors (Lipinski definition) is 2.